The summed E-state index contributed by atoms with van der Waals surface area (Å²) in [6.07, 6.45) is -4.49. The third-order valence-corrected chi connectivity index (χ3v) is 1.26. The molecule has 0 radical (unpaired) electrons. The molecule has 0 amide bonds. The van der Waals surface area contributed by atoms with Crippen LogP contribution in [0.1, 0.15) is 11.4 Å². The maximum atomic E-state index is 12.3. The number of alkyl halides is 3. The van der Waals surface area contributed by atoms with Gasteiger partial charge in [-0.05, 0) is 6.92 Å². The Labute approximate surface area is 60.0 Å². The third kappa shape index (κ3) is 1.53. The lowest BCUT2D eigenvalue weighted by Gasteiger charge is -2.00. The second-order valence-electron chi connectivity index (χ2n) is 2.15. The van der Waals surface area contributed by atoms with Gasteiger partial charge in [0, 0.05) is 11.8 Å². The number of aromatic amines is 1. The zero-order valence-electron chi connectivity index (χ0n) is 5.59. The van der Waals surface area contributed by atoms with Crippen LogP contribution in [0.15, 0.2) is 6.07 Å². The van der Waals surface area contributed by atoms with Gasteiger partial charge in [0.1, 0.15) is 11.5 Å². The lowest BCUT2D eigenvalue weighted by atomic mass is 10.4. The number of aromatic nitrogens is 1. The predicted octanol–water partition coefficient (Wildman–Crippen LogP) is 2.48. The molecule has 1 nitrogen and oxygen atoms in total. The summed E-state index contributed by atoms with van der Waals surface area (Å²) in [4.78, 5) is 1.88. The van der Waals surface area contributed by atoms with Crippen molar-refractivity contribution in [2.24, 2.45) is 0 Å². The topological polar surface area (TPSA) is 15.8 Å². The van der Waals surface area contributed by atoms with E-state index in [0.29, 0.717) is 6.07 Å². The number of aryl methyl sites for hydroxylation is 1. The molecule has 0 spiro atoms. The number of hydrogen-bond acceptors (Lipinski definition) is 0. The Kier molecular flexibility index (Phi) is 1.66. The van der Waals surface area contributed by atoms with E-state index in [1.807, 2.05) is 4.98 Å². The normalized spacial score (nSPS) is 12.1. The summed E-state index contributed by atoms with van der Waals surface area (Å²) in [6, 6.07) is 0.440. The number of nitrogens with one attached hydrogen (secondary N) is 1. The van der Waals surface area contributed by atoms with Crippen molar-refractivity contribution >= 4 is 0 Å². The van der Waals surface area contributed by atoms with Crippen LogP contribution in [-0.4, -0.2) is 4.98 Å². The minimum atomic E-state index is -4.49. The molecule has 0 fully saturated rings. The van der Waals surface area contributed by atoms with E-state index in [-0.39, 0.29) is 5.69 Å². The van der Waals surface area contributed by atoms with Crippen molar-refractivity contribution in [2.45, 2.75) is 13.1 Å². The average Bonchev–Trinajstić information content (AvgIpc) is 2.11. The van der Waals surface area contributed by atoms with E-state index in [9.17, 15) is 17.6 Å². The summed E-state index contributed by atoms with van der Waals surface area (Å²) in [7, 11) is 0. The van der Waals surface area contributed by atoms with Crippen molar-refractivity contribution < 1.29 is 17.6 Å². The molecule has 0 atom stereocenters. The van der Waals surface area contributed by atoms with Crippen LogP contribution < -0.4 is 0 Å². The Morgan fingerprint density at radius 1 is 1.36 bits per heavy atom. The van der Waals surface area contributed by atoms with Crippen LogP contribution in [0.4, 0.5) is 17.6 Å². The van der Waals surface area contributed by atoms with E-state index in [1.165, 1.54) is 6.92 Å². The first kappa shape index (κ1) is 8.10. The summed E-state index contributed by atoms with van der Waals surface area (Å²) in [5.41, 5.74) is -1.15. The molecule has 0 aliphatic rings. The molecule has 1 N–H and O–H groups in total. The fraction of sp³-hybridized carbons (Fsp3) is 0.333. The fourth-order valence-corrected chi connectivity index (χ4v) is 0.685. The van der Waals surface area contributed by atoms with E-state index < -0.39 is 17.7 Å². The highest BCUT2D eigenvalue weighted by molar-refractivity contribution is 5.16. The minimum absolute atomic E-state index is 0.0997. The number of H-pyrrole nitrogens is 1. The monoisotopic (exact) mass is 167 g/mol. The van der Waals surface area contributed by atoms with Crippen LogP contribution >= 0.6 is 0 Å². The smallest absolute Gasteiger partial charge is 0.353 e. The Morgan fingerprint density at radius 2 is 1.91 bits per heavy atom. The number of hydrogen-bond donors (Lipinski definition) is 1. The second kappa shape index (κ2) is 2.25. The van der Waals surface area contributed by atoms with Gasteiger partial charge < -0.3 is 4.98 Å². The minimum Gasteiger partial charge on any atom is -0.353 e. The van der Waals surface area contributed by atoms with Gasteiger partial charge in [-0.3, -0.25) is 0 Å². The van der Waals surface area contributed by atoms with Crippen LogP contribution in [-0.2, 0) is 6.18 Å². The maximum absolute atomic E-state index is 12.3. The van der Waals surface area contributed by atoms with E-state index >= 15 is 0 Å². The zero-order chi connectivity index (χ0) is 8.65. The van der Waals surface area contributed by atoms with Crippen molar-refractivity contribution in [3.05, 3.63) is 23.3 Å². The first-order valence-electron chi connectivity index (χ1n) is 2.83. The fourth-order valence-electron chi connectivity index (χ4n) is 0.685. The van der Waals surface area contributed by atoms with Crippen LogP contribution in [0.2, 0.25) is 0 Å². The highest BCUT2D eigenvalue weighted by Crippen LogP contribution is 2.29. The van der Waals surface area contributed by atoms with Crippen LogP contribution in [0, 0.1) is 12.7 Å². The van der Waals surface area contributed by atoms with Crippen LogP contribution in [0.25, 0.3) is 0 Å². The highest BCUT2D eigenvalue weighted by Gasteiger charge is 2.33. The molecular formula is C6H5F4N. The Bertz CT molecular complexity index is 241. The molecule has 0 aliphatic heterocycles. The Hall–Kier alpha value is -1.00. The molecule has 1 rings (SSSR count). The molecule has 0 unspecified atom stereocenters. The van der Waals surface area contributed by atoms with Gasteiger partial charge in [-0.15, -0.1) is 0 Å². The molecule has 0 aromatic carbocycles. The van der Waals surface area contributed by atoms with Crippen molar-refractivity contribution in [1.29, 1.82) is 0 Å². The number of halogens is 4. The quantitative estimate of drug-likeness (QED) is 0.571. The molecule has 11 heavy (non-hydrogen) atoms. The summed E-state index contributed by atoms with van der Waals surface area (Å²) in [5.74, 6) is -0.864. The number of rotatable bonds is 0. The Morgan fingerprint density at radius 3 is 2.09 bits per heavy atom. The van der Waals surface area contributed by atoms with E-state index in [4.69, 9.17) is 0 Å². The molecular weight excluding hydrogens is 162 g/mol. The van der Waals surface area contributed by atoms with Gasteiger partial charge >= 0.3 is 6.18 Å². The van der Waals surface area contributed by atoms with Crippen LogP contribution in [0.3, 0.4) is 0 Å². The van der Waals surface area contributed by atoms with Gasteiger partial charge in [-0.25, -0.2) is 4.39 Å². The van der Waals surface area contributed by atoms with E-state index in [1.54, 1.807) is 0 Å². The first-order chi connectivity index (χ1) is 4.91. The maximum Gasteiger partial charge on any atom is 0.431 e. The van der Waals surface area contributed by atoms with Gasteiger partial charge in [0.25, 0.3) is 0 Å². The van der Waals surface area contributed by atoms with Crippen molar-refractivity contribution in [1.82, 2.24) is 4.98 Å². The summed E-state index contributed by atoms with van der Waals surface area (Å²) >= 11 is 0. The van der Waals surface area contributed by atoms with Crippen molar-refractivity contribution in [2.75, 3.05) is 0 Å². The van der Waals surface area contributed by atoms with E-state index in [2.05, 4.69) is 0 Å². The third-order valence-electron chi connectivity index (χ3n) is 1.26. The Balaban J connectivity index is 3.08. The molecule has 1 aromatic heterocycles. The SMILES string of the molecule is Cc1[nH]c(C(F)(F)F)cc1F. The summed E-state index contributed by atoms with van der Waals surface area (Å²) in [6.45, 7) is 1.24. The van der Waals surface area contributed by atoms with Gasteiger partial charge in [0.15, 0.2) is 0 Å². The lowest BCUT2D eigenvalue weighted by Crippen LogP contribution is -2.04. The molecule has 1 heterocycles. The van der Waals surface area contributed by atoms with Crippen LogP contribution in [0.5, 0.6) is 0 Å². The van der Waals surface area contributed by atoms with Gasteiger partial charge in [0.2, 0.25) is 0 Å². The predicted molar refractivity (Wildman–Crippen MR) is 30.5 cm³/mol. The lowest BCUT2D eigenvalue weighted by molar-refractivity contribution is -0.140. The largest absolute Gasteiger partial charge is 0.431 e. The molecule has 0 bridgehead atoms. The summed E-state index contributed by atoms with van der Waals surface area (Å²) in [5, 5.41) is 0. The molecule has 0 saturated heterocycles. The van der Waals surface area contributed by atoms with Gasteiger partial charge in [-0.1, -0.05) is 0 Å². The summed E-state index contributed by atoms with van der Waals surface area (Å²) < 4.78 is 47.7. The van der Waals surface area contributed by atoms with Gasteiger partial charge in [-0.2, -0.15) is 13.2 Å². The highest BCUT2D eigenvalue weighted by atomic mass is 19.4. The zero-order valence-corrected chi connectivity index (χ0v) is 5.59. The second-order valence-corrected chi connectivity index (χ2v) is 2.15. The van der Waals surface area contributed by atoms with Crippen molar-refractivity contribution in [3.63, 3.8) is 0 Å². The van der Waals surface area contributed by atoms with Crippen molar-refractivity contribution in [3.8, 4) is 0 Å². The molecule has 0 aliphatic carbocycles. The van der Waals surface area contributed by atoms with Gasteiger partial charge in [0.05, 0.1) is 0 Å². The average molecular weight is 167 g/mol. The molecule has 1 aromatic rings. The first-order valence-corrected chi connectivity index (χ1v) is 2.83. The standard InChI is InChI=1S/C6H5F4N/c1-3-4(7)2-5(11-3)6(8,9)10/h2,11H,1H3. The molecule has 0 saturated carbocycles. The molecule has 5 heteroatoms. The van der Waals surface area contributed by atoms with E-state index in [0.717, 1.165) is 0 Å². The molecule has 62 valence electrons.